The van der Waals surface area contributed by atoms with Crippen molar-refractivity contribution < 1.29 is 9.48 Å². The monoisotopic (exact) mass is 393 g/mol. The van der Waals surface area contributed by atoms with Crippen molar-refractivity contribution in [2.45, 2.75) is 31.1 Å². The molecule has 0 spiro atoms. The number of aromatic nitrogens is 3. The third-order valence-corrected chi connectivity index (χ3v) is 5.35. The van der Waals surface area contributed by atoms with E-state index >= 15 is 0 Å². The summed E-state index contributed by atoms with van der Waals surface area (Å²) >= 11 is 1.36. The van der Waals surface area contributed by atoms with Crippen LogP contribution >= 0.6 is 11.8 Å². The lowest BCUT2D eigenvalue weighted by Crippen LogP contribution is -2.60. The van der Waals surface area contributed by atoms with E-state index in [2.05, 4.69) is 10.1 Å². The van der Waals surface area contributed by atoms with E-state index in [0.717, 1.165) is 17.7 Å². The first-order chi connectivity index (χ1) is 13.7. The van der Waals surface area contributed by atoms with E-state index in [9.17, 15) is 9.59 Å². The first kappa shape index (κ1) is 18.4. The van der Waals surface area contributed by atoms with Crippen LogP contribution in [-0.4, -0.2) is 22.2 Å². The molecule has 142 valence electrons. The molecule has 0 saturated heterocycles. The van der Waals surface area contributed by atoms with Crippen molar-refractivity contribution in [1.82, 2.24) is 10.1 Å². The van der Waals surface area contributed by atoms with Crippen LogP contribution in [0.5, 0.6) is 0 Å². The maximum atomic E-state index is 13.2. The number of nitrogens with zero attached hydrogens (tertiary/aromatic N) is 3. The number of carbonyl (C=O) groups excluding carboxylic acids is 1. The number of thioether (sulfide) groups is 1. The molecule has 0 bridgehead atoms. The highest BCUT2D eigenvalue weighted by Gasteiger charge is 2.45. The smallest absolute Gasteiger partial charge is 0.291 e. The van der Waals surface area contributed by atoms with Crippen LogP contribution in [0.25, 0.3) is 11.3 Å². The highest BCUT2D eigenvalue weighted by Crippen LogP contribution is 2.37. The number of para-hydroxylation sites is 1. The van der Waals surface area contributed by atoms with Gasteiger partial charge < -0.3 is 0 Å². The van der Waals surface area contributed by atoms with E-state index in [1.54, 1.807) is 9.58 Å². The Labute approximate surface area is 167 Å². The Morgan fingerprint density at radius 3 is 2.61 bits per heavy atom. The second-order valence-corrected chi connectivity index (χ2v) is 7.37. The lowest BCUT2D eigenvalue weighted by molar-refractivity contribution is -0.763. The molecule has 3 aromatic rings. The summed E-state index contributed by atoms with van der Waals surface area (Å²) < 4.78 is 1.69. The second-order valence-electron chi connectivity index (χ2n) is 6.57. The molecule has 1 atom stereocenters. The minimum absolute atomic E-state index is 0.00902. The van der Waals surface area contributed by atoms with Gasteiger partial charge in [0.25, 0.3) is 6.17 Å². The van der Waals surface area contributed by atoms with Gasteiger partial charge >= 0.3 is 11.3 Å². The molecule has 1 N–H and O–H groups in total. The number of hydrogen-bond acceptors (Lipinski definition) is 4. The van der Waals surface area contributed by atoms with Gasteiger partial charge in [-0.15, -0.1) is 0 Å². The van der Waals surface area contributed by atoms with Gasteiger partial charge in [-0.1, -0.05) is 61.2 Å². The number of amides is 1. The fraction of sp³-hybridized carbons (Fsp3) is 0.238. The second kappa shape index (κ2) is 7.59. The van der Waals surface area contributed by atoms with E-state index in [1.807, 2.05) is 67.8 Å². The van der Waals surface area contributed by atoms with Crippen LogP contribution in [0.2, 0.25) is 0 Å². The van der Waals surface area contributed by atoms with E-state index < -0.39 is 6.17 Å². The summed E-state index contributed by atoms with van der Waals surface area (Å²) in [5, 5.41) is 5.18. The molecule has 4 rings (SSSR count). The SMILES string of the molecule is CCCC(=O)N1c2ccccc2-c2c(=O)[nH]c(SC)n[n+]2[C@H]1c1ccccc1. The Balaban J connectivity index is 2.06. The maximum Gasteiger partial charge on any atom is 0.325 e. The molecule has 0 saturated carbocycles. The van der Waals surface area contributed by atoms with Crippen molar-refractivity contribution in [2.24, 2.45) is 0 Å². The Hall–Kier alpha value is -2.93. The van der Waals surface area contributed by atoms with Crippen molar-refractivity contribution in [3.63, 3.8) is 0 Å². The molecular weight excluding hydrogens is 372 g/mol. The minimum atomic E-state index is -0.515. The van der Waals surface area contributed by atoms with Gasteiger partial charge in [-0.2, -0.15) is 0 Å². The van der Waals surface area contributed by atoms with E-state index in [4.69, 9.17) is 0 Å². The lowest BCUT2D eigenvalue weighted by Gasteiger charge is -2.32. The number of hydrogen-bond donors (Lipinski definition) is 1. The molecule has 1 aromatic heterocycles. The summed E-state index contributed by atoms with van der Waals surface area (Å²) in [7, 11) is 0. The van der Waals surface area contributed by atoms with Crippen LogP contribution in [-0.2, 0) is 4.79 Å². The predicted molar refractivity (Wildman–Crippen MR) is 109 cm³/mol. The van der Waals surface area contributed by atoms with Crippen molar-refractivity contribution in [2.75, 3.05) is 11.2 Å². The standard InChI is InChI=1S/C21H20N4O2S/c1-3-9-17(26)24-16-13-8-7-12-15(16)18-19(27)22-21(28-2)23-25(18)20(24)14-10-5-4-6-11-14/h4-8,10-13,20H,3,9H2,1-2H3/p+1/t20-/m0/s1. The van der Waals surface area contributed by atoms with Crippen molar-refractivity contribution >= 4 is 23.4 Å². The van der Waals surface area contributed by atoms with Crippen molar-refractivity contribution in [3.8, 4) is 11.3 Å². The number of H-pyrrole nitrogens is 1. The lowest BCUT2D eigenvalue weighted by atomic mass is 10.0. The summed E-state index contributed by atoms with van der Waals surface area (Å²) in [6, 6.07) is 17.2. The van der Waals surface area contributed by atoms with E-state index in [1.165, 1.54) is 11.8 Å². The number of rotatable bonds is 4. The number of benzene rings is 2. The zero-order valence-corrected chi connectivity index (χ0v) is 16.6. The fourth-order valence-corrected chi connectivity index (χ4v) is 3.96. The molecule has 1 amide bonds. The predicted octanol–water partition coefficient (Wildman–Crippen LogP) is 3.14. The third kappa shape index (κ3) is 3.01. The van der Waals surface area contributed by atoms with E-state index in [-0.39, 0.29) is 11.5 Å². The number of aromatic amines is 1. The zero-order chi connectivity index (χ0) is 19.7. The molecule has 1 aliphatic rings. The Kier molecular flexibility index (Phi) is 5.00. The van der Waals surface area contributed by atoms with Crippen molar-refractivity contribution in [3.05, 3.63) is 70.5 Å². The molecular formula is C21H21N4O2S+. The van der Waals surface area contributed by atoms with Crippen LogP contribution in [0.4, 0.5) is 5.69 Å². The largest absolute Gasteiger partial charge is 0.325 e. The summed E-state index contributed by atoms with van der Waals surface area (Å²) in [5.41, 5.74) is 2.59. The number of nitrogens with one attached hydrogen (secondary N) is 1. The molecule has 6 nitrogen and oxygen atoms in total. The Morgan fingerprint density at radius 1 is 1.18 bits per heavy atom. The van der Waals surface area contributed by atoms with Gasteiger partial charge in [0.05, 0.1) is 11.3 Å². The van der Waals surface area contributed by atoms with Gasteiger partial charge in [0, 0.05) is 17.1 Å². The third-order valence-electron chi connectivity index (χ3n) is 4.78. The molecule has 0 aliphatic carbocycles. The minimum Gasteiger partial charge on any atom is -0.291 e. The van der Waals surface area contributed by atoms with Gasteiger partial charge in [-0.05, 0) is 29.5 Å². The van der Waals surface area contributed by atoms with Gasteiger partial charge in [0.1, 0.15) is 0 Å². The number of anilines is 1. The highest BCUT2D eigenvalue weighted by atomic mass is 32.2. The van der Waals surface area contributed by atoms with Crippen LogP contribution in [0.15, 0.2) is 64.5 Å². The van der Waals surface area contributed by atoms with Gasteiger partial charge in [-0.3, -0.25) is 14.6 Å². The fourth-order valence-electron chi connectivity index (χ4n) is 3.59. The molecule has 1 aliphatic heterocycles. The molecule has 0 unspecified atom stereocenters. The maximum absolute atomic E-state index is 13.2. The average molecular weight is 393 g/mol. The van der Waals surface area contributed by atoms with Gasteiger partial charge in [-0.25, -0.2) is 4.90 Å². The zero-order valence-electron chi connectivity index (χ0n) is 15.8. The van der Waals surface area contributed by atoms with Crippen LogP contribution < -0.4 is 15.1 Å². The Morgan fingerprint density at radius 2 is 1.89 bits per heavy atom. The molecule has 7 heteroatoms. The molecule has 2 aromatic carbocycles. The molecule has 2 heterocycles. The first-order valence-corrected chi connectivity index (χ1v) is 10.4. The van der Waals surface area contributed by atoms with Crippen molar-refractivity contribution in [1.29, 1.82) is 0 Å². The summed E-state index contributed by atoms with van der Waals surface area (Å²) in [5.74, 6) is 0.00902. The Bertz CT molecular complexity index is 1080. The van der Waals surface area contributed by atoms with E-state index in [0.29, 0.717) is 22.8 Å². The first-order valence-electron chi connectivity index (χ1n) is 9.22. The number of fused-ring (bicyclic) bond motifs is 3. The highest BCUT2D eigenvalue weighted by molar-refractivity contribution is 7.98. The van der Waals surface area contributed by atoms with Gasteiger partial charge in [0.15, 0.2) is 0 Å². The van der Waals surface area contributed by atoms with Crippen LogP contribution in [0.1, 0.15) is 31.5 Å². The van der Waals surface area contributed by atoms with Crippen LogP contribution in [0, 0.1) is 0 Å². The normalized spacial score (nSPS) is 15.1. The summed E-state index contributed by atoms with van der Waals surface area (Å²) in [6.07, 6.45) is 2.51. The molecule has 0 fully saturated rings. The molecule has 0 radical (unpaired) electrons. The topological polar surface area (TPSA) is 69.9 Å². The quantitative estimate of drug-likeness (QED) is 0.546. The van der Waals surface area contributed by atoms with Gasteiger partial charge in [0.2, 0.25) is 11.1 Å². The molecule has 28 heavy (non-hydrogen) atoms. The summed E-state index contributed by atoms with van der Waals surface area (Å²) in [6.45, 7) is 1.99. The average Bonchev–Trinajstić information content (AvgIpc) is 2.73. The summed E-state index contributed by atoms with van der Waals surface area (Å²) in [4.78, 5) is 30.8. The number of carbonyl (C=O) groups is 1. The van der Waals surface area contributed by atoms with Crippen LogP contribution in [0.3, 0.4) is 0 Å².